The normalized spacial score (nSPS) is 14.5. The number of nitrogens with one attached hydrogen (secondary N) is 1. The molecule has 0 atom stereocenters. The van der Waals surface area contributed by atoms with Crippen LogP contribution >= 0.6 is 23.2 Å². The Kier molecular flexibility index (Phi) is 7.27. The third-order valence-corrected chi connectivity index (χ3v) is 6.13. The van der Waals surface area contributed by atoms with Gasteiger partial charge >= 0.3 is 0 Å². The van der Waals surface area contributed by atoms with Gasteiger partial charge in [-0.15, -0.1) is 0 Å². The molecule has 30 heavy (non-hydrogen) atoms. The summed E-state index contributed by atoms with van der Waals surface area (Å²) in [6.45, 7) is 7.17. The summed E-state index contributed by atoms with van der Waals surface area (Å²) >= 11 is 12.1. The predicted molar refractivity (Wildman–Crippen MR) is 120 cm³/mol. The lowest BCUT2D eigenvalue weighted by Gasteiger charge is -2.32. The topological polar surface area (TPSA) is 58.6 Å². The van der Waals surface area contributed by atoms with E-state index in [4.69, 9.17) is 27.9 Å². The van der Waals surface area contributed by atoms with E-state index in [0.717, 1.165) is 22.4 Å². The standard InChI is InChI=1S/C23H26Cl2N2O3/c1-14-4-5-15(2)22(16(14)3)30-13-21(28)27-10-8-18(9-11-27)26-23(29)19-12-17(24)6-7-20(19)25/h4-7,12,18H,8-11,13H2,1-3H3,(H,26,29). The zero-order chi connectivity index (χ0) is 21.8. The van der Waals surface area contributed by atoms with Gasteiger partial charge < -0.3 is 15.0 Å². The number of carbonyl (C=O) groups is 2. The van der Waals surface area contributed by atoms with E-state index >= 15 is 0 Å². The van der Waals surface area contributed by atoms with Crippen LogP contribution in [0.25, 0.3) is 0 Å². The monoisotopic (exact) mass is 448 g/mol. The van der Waals surface area contributed by atoms with Crippen molar-refractivity contribution in [1.29, 1.82) is 0 Å². The number of rotatable bonds is 5. The number of amides is 2. The van der Waals surface area contributed by atoms with Crippen molar-refractivity contribution in [2.45, 2.75) is 39.7 Å². The number of carbonyl (C=O) groups excluding carboxylic acids is 2. The lowest BCUT2D eigenvalue weighted by atomic mass is 10.0. The van der Waals surface area contributed by atoms with Crippen LogP contribution < -0.4 is 10.1 Å². The number of likely N-dealkylation sites (tertiary alicyclic amines) is 1. The van der Waals surface area contributed by atoms with Crippen LogP contribution in [0.5, 0.6) is 5.75 Å². The SMILES string of the molecule is Cc1ccc(C)c(OCC(=O)N2CCC(NC(=O)c3cc(Cl)ccc3Cl)CC2)c1C. The molecule has 3 rings (SSSR count). The number of ether oxygens (including phenoxy) is 1. The van der Waals surface area contributed by atoms with Gasteiger partial charge in [0.1, 0.15) is 5.75 Å². The quantitative estimate of drug-likeness (QED) is 0.719. The number of halogens is 2. The Bertz CT molecular complexity index is 954. The summed E-state index contributed by atoms with van der Waals surface area (Å²) in [7, 11) is 0. The average Bonchev–Trinajstić information content (AvgIpc) is 2.73. The summed E-state index contributed by atoms with van der Waals surface area (Å²) in [5.74, 6) is 0.489. The molecule has 7 heteroatoms. The maximum absolute atomic E-state index is 12.6. The zero-order valence-corrected chi connectivity index (χ0v) is 18.9. The highest BCUT2D eigenvalue weighted by molar-refractivity contribution is 6.35. The minimum absolute atomic E-state index is 0.0142. The van der Waals surface area contributed by atoms with Crippen LogP contribution in [-0.2, 0) is 4.79 Å². The largest absolute Gasteiger partial charge is 0.483 e. The van der Waals surface area contributed by atoms with E-state index in [-0.39, 0.29) is 24.5 Å². The van der Waals surface area contributed by atoms with Gasteiger partial charge in [-0.05, 0) is 68.5 Å². The first-order valence-electron chi connectivity index (χ1n) is 9.99. The van der Waals surface area contributed by atoms with Gasteiger partial charge in [-0.3, -0.25) is 9.59 Å². The van der Waals surface area contributed by atoms with Gasteiger partial charge in [-0.25, -0.2) is 0 Å². The molecule has 0 radical (unpaired) electrons. The van der Waals surface area contributed by atoms with Crippen LogP contribution in [0.4, 0.5) is 0 Å². The average molecular weight is 449 g/mol. The molecule has 1 heterocycles. The second kappa shape index (κ2) is 9.71. The van der Waals surface area contributed by atoms with Crippen molar-refractivity contribution in [2.24, 2.45) is 0 Å². The van der Waals surface area contributed by atoms with Gasteiger partial charge in [0.15, 0.2) is 6.61 Å². The highest BCUT2D eigenvalue weighted by Gasteiger charge is 2.25. The molecule has 1 fully saturated rings. The molecule has 160 valence electrons. The van der Waals surface area contributed by atoms with E-state index in [1.165, 1.54) is 0 Å². The number of hydrogen-bond acceptors (Lipinski definition) is 3. The van der Waals surface area contributed by atoms with Crippen molar-refractivity contribution in [3.05, 3.63) is 62.6 Å². The summed E-state index contributed by atoms with van der Waals surface area (Å²) in [5.41, 5.74) is 3.58. The minimum Gasteiger partial charge on any atom is -0.483 e. The Morgan fingerprint density at radius 3 is 2.43 bits per heavy atom. The summed E-state index contributed by atoms with van der Waals surface area (Å²) < 4.78 is 5.85. The second-order valence-corrected chi connectivity index (χ2v) is 8.54. The Balaban J connectivity index is 1.50. The van der Waals surface area contributed by atoms with Crippen LogP contribution in [0.1, 0.15) is 39.9 Å². The fourth-order valence-corrected chi connectivity index (χ4v) is 3.96. The molecule has 1 N–H and O–H groups in total. The molecule has 2 aromatic carbocycles. The molecular formula is C23H26Cl2N2O3. The van der Waals surface area contributed by atoms with E-state index in [0.29, 0.717) is 41.5 Å². The smallest absolute Gasteiger partial charge is 0.260 e. The second-order valence-electron chi connectivity index (χ2n) is 7.69. The van der Waals surface area contributed by atoms with Gasteiger partial charge in [0, 0.05) is 24.2 Å². The number of nitrogens with zero attached hydrogens (tertiary/aromatic N) is 1. The molecule has 0 saturated carbocycles. The van der Waals surface area contributed by atoms with Gasteiger partial charge in [0.2, 0.25) is 0 Å². The molecule has 2 amide bonds. The van der Waals surface area contributed by atoms with Crippen molar-refractivity contribution in [1.82, 2.24) is 10.2 Å². The van der Waals surface area contributed by atoms with Gasteiger partial charge in [0.05, 0.1) is 10.6 Å². The van der Waals surface area contributed by atoms with Crippen LogP contribution in [0, 0.1) is 20.8 Å². The fourth-order valence-electron chi connectivity index (χ4n) is 3.58. The highest BCUT2D eigenvalue weighted by Crippen LogP contribution is 2.26. The van der Waals surface area contributed by atoms with E-state index in [1.54, 1.807) is 23.1 Å². The first kappa shape index (κ1) is 22.4. The number of aryl methyl sites for hydroxylation is 2. The summed E-state index contributed by atoms with van der Waals surface area (Å²) in [4.78, 5) is 26.9. The molecular weight excluding hydrogens is 423 g/mol. The van der Waals surface area contributed by atoms with Crippen LogP contribution in [0.2, 0.25) is 10.0 Å². The molecule has 2 aromatic rings. The Labute approximate surface area is 187 Å². The van der Waals surface area contributed by atoms with Crippen LogP contribution in [0.3, 0.4) is 0 Å². The van der Waals surface area contributed by atoms with Crippen LogP contribution in [0.15, 0.2) is 30.3 Å². The molecule has 0 bridgehead atoms. The van der Waals surface area contributed by atoms with Crippen molar-refractivity contribution in [3.8, 4) is 5.75 Å². The first-order chi connectivity index (χ1) is 14.3. The molecule has 0 spiro atoms. The molecule has 0 unspecified atom stereocenters. The van der Waals surface area contributed by atoms with Crippen molar-refractivity contribution >= 4 is 35.0 Å². The van der Waals surface area contributed by atoms with E-state index in [1.807, 2.05) is 26.8 Å². The van der Waals surface area contributed by atoms with Crippen molar-refractivity contribution in [3.63, 3.8) is 0 Å². The van der Waals surface area contributed by atoms with Gasteiger partial charge in [0.25, 0.3) is 11.8 Å². The maximum atomic E-state index is 12.6. The third-order valence-electron chi connectivity index (χ3n) is 5.57. The summed E-state index contributed by atoms with van der Waals surface area (Å²) in [6, 6.07) is 8.85. The molecule has 1 aliphatic heterocycles. The van der Waals surface area contributed by atoms with E-state index < -0.39 is 0 Å². The number of benzene rings is 2. The molecule has 1 aliphatic rings. The Morgan fingerprint density at radius 2 is 1.73 bits per heavy atom. The number of piperidine rings is 1. The Hall–Kier alpha value is -2.24. The molecule has 0 aliphatic carbocycles. The fraction of sp³-hybridized carbons (Fsp3) is 0.391. The lowest BCUT2D eigenvalue weighted by Crippen LogP contribution is -2.47. The molecule has 5 nitrogen and oxygen atoms in total. The van der Waals surface area contributed by atoms with Gasteiger partial charge in [-0.2, -0.15) is 0 Å². The number of hydrogen-bond donors (Lipinski definition) is 1. The first-order valence-corrected chi connectivity index (χ1v) is 10.7. The van der Waals surface area contributed by atoms with Crippen molar-refractivity contribution in [2.75, 3.05) is 19.7 Å². The Morgan fingerprint density at radius 1 is 1.07 bits per heavy atom. The highest BCUT2D eigenvalue weighted by atomic mass is 35.5. The zero-order valence-electron chi connectivity index (χ0n) is 17.4. The van der Waals surface area contributed by atoms with E-state index in [9.17, 15) is 9.59 Å². The molecule has 1 saturated heterocycles. The summed E-state index contributed by atoms with van der Waals surface area (Å²) in [5, 5.41) is 3.82. The van der Waals surface area contributed by atoms with Crippen molar-refractivity contribution < 1.29 is 14.3 Å². The molecule has 0 aromatic heterocycles. The minimum atomic E-state index is -0.249. The van der Waals surface area contributed by atoms with Crippen LogP contribution in [-0.4, -0.2) is 42.5 Å². The third kappa shape index (κ3) is 5.27. The summed E-state index contributed by atoms with van der Waals surface area (Å²) in [6.07, 6.45) is 1.36. The lowest BCUT2D eigenvalue weighted by molar-refractivity contribution is -0.134. The van der Waals surface area contributed by atoms with Gasteiger partial charge in [-0.1, -0.05) is 35.3 Å². The predicted octanol–water partition coefficient (Wildman–Crippen LogP) is 4.72. The van der Waals surface area contributed by atoms with E-state index in [2.05, 4.69) is 11.4 Å². The maximum Gasteiger partial charge on any atom is 0.260 e.